The molecule has 5 heterocycles. The monoisotopic (exact) mass is 507 g/mol. The molecule has 4 aliphatic rings. The number of carbonyl (C=O) groups is 1. The third kappa shape index (κ3) is 5.04. The van der Waals surface area contributed by atoms with Crippen molar-refractivity contribution < 1.29 is 13.9 Å². The van der Waals surface area contributed by atoms with E-state index in [0.29, 0.717) is 43.7 Å². The number of likely N-dealkylation sites (tertiary alicyclic amines) is 1. The molecule has 2 bridgehead atoms. The molecular weight excluding hydrogens is 469 g/mol. The highest BCUT2D eigenvalue weighted by Gasteiger charge is 2.43. The maximum atomic E-state index is 13.8. The highest BCUT2D eigenvalue weighted by atomic mass is 19.1. The van der Waals surface area contributed by atoms with Gasteiger partial charge in [-0.3, -0.25) is 19.6 Å². The van der Waals surface area contributed by atoms with E-state index < -0.39 is 0 Å². The molecule has 1 aromatic carbocycles. The number of anilines is 1. The predicted octanol–water partition coefficient (Wildman–Crippen LogP) is 2.57. The number of hydrogen-bond donors (Lipinski definition) is 1. The van der Waals surface area contributed by atoms with E-state index in [9.17, 15) is 9.18 Å². The van der Waals surface area contributed by atoms with Crippen molar-refractivity contribution in [3.63, 3.8) is 0 Å². The quantitative estimate of drug-likeness (QED) is 0.649. The molecule has 0 aliphatic carbocycles. The van der Waals surface area contributed by atoms with Crippen LogP contribution in [0.15, 0.2) is 36.5 Å². The maximum Gasteiger partial charge on any atom is 0.241 e. The average molecular weight is 508 g/mol. The number of hydrogen-bond acceptors (Lipinski definition) is 6. The third-order valence-electron chi connectivity index (χ3n) is 8.56. The second kappa shape index (κ2) is 9.73. The molecule has 7 nitrogen and oxygen atoms in total. The summed E-state index contributed by atoms with van der Waals surface area (Å²) in [6, 6.07) is 9.88. The summed E-state index contributed by atoms with van der Waals surface area (Å²) in [6.45, 7) is 12.1. The van der Waals surface area contributed by atoms with Crippen molar-refractivity contribution in [3.05, 3.63) is 59.2 Å². The Morgan fingerprint density at radius 3 is 2.73 bits per heavy atom. The van der Waals surface area contributed by atoms with Gasteiger partial charge in [0.15, 0.2) is 0 Å². The zero-order valence-electron chi connectivity index (χ0n) is 22.1. The minimum absolute atomic E-state index is 0.137. The van der Waals surface area contributed by atoms with Crippen LogP contribution in [0.3, 0.4) is 0 Å². The SMILES string of the molecule is C[C@@H]1CN(CC(=O)N2CC(C)(C)c3ncc(Cc4ccc(F)cc4)cc32)[C@@H](CN2CC3C[C@H]2CO3)CN1. The number of carbonyl (C=O) groups excluding carboxylic acids is 1. The first-order chi connectivity index (χ1) is 17.7. The van der Waals surface area contributed by atoms with E-state index in [0.717, 1.165) is 61.7 Å². The van der Waals surface area contributed by atoms with Crippen LogP contribution < -0.4 is 10.2 Å². The smallest absolute Gasteiger partial charge is 0.241 e. The topological polar surface area (TPSA) is 60.9 Å². The van der Waals surface area contributed by atoms with Crippen LogP contribution in [0.4, 0.5) is 10.1 Å². The lowest BCUT2D eigenvalue weighted by Gasteiger charge is -2.42. The van der Waals surface area contributed by atoms with Crippen LogP contribution in [0, 0.1) is 5.82 Å². The molecule has 0 saturated carbocycles. The number of piperazine rings is 1. The van der Waals surface area contributed by atoms with E-state index in [1.165, 1.54) is 12.1 Å². The Balaban J connectivity index is 1.19. The molecule has 198 valence electrons. The van der Waals surface area contributed by atoms with Gasteiger partial charge in [0.25, 0.3) is 0 Å². The lowest BCUT2D eigenvalue weighted by molar-refractivity contribution is -0.121. The molecule has 37 heavy (non-hydrogen) atoms. The Morgan fingerprint density at radius 2 is 2.00 bits per heavy atom. The number of pyridine rings is 1. The molecule has 4 aliphatic heterocycles. The molecular formula is C29H38FN5O2. The fourth-order valence-corrected chi connectivity index (χ4v) is 6.57. The molecule has 1 unspecified atom stereocenters. The van der Waals surface area contributed by atoms with Crippen LogP contribution in [0.25, 0.3) is 0 Å². The van der Waals surface area contributed by atoms with Gasteiger partial charge in [0.05, 0.1) is 30.6 Å². The zero-order chi connectivity index (χ0) is 25.7. The standard InChI is InChI=1S/C29H38FN5O2/c1-19-13-33(24(12-31-19)14-34-15-25-10-23(34)17-37-25)16-27(36)35-18-29(2,3)28-26(35)9-21(11-32-28)8-20-4-6-22(30)7-5-20/h4-7,9,11,19,23-25,31H,8,10,12-18H2,1-3H3/t19-,23+,24-,25?/m1/s1. The summed E-state index contributed by atoms with van der Waals surface area (Å²) in [5.41, 5.74) is 3.74. The third-order valence-corrected chi connectivity index (χ3v) is 8.56. The van der Waals surface area contributed by atoms with Crippen LogP contribution in [0.5, 0.6) is 0 Å². The zero-order valence-corrected chi connectivity index (χ0v) is 22.1. The predicted molar refractivity (Wildman–Crippen MR) is 141 cm³/mol. The Hall–Kier alpha value is -2.39. The number of aromatic nitrogens is 1. The van der Waals surface area contributed by atoms with Crippen LogP contribution in [0.1, 0.15) is 44.0 Å². The van der Waals surface area contributed by atoms with Gasteiger partial charge in [-0.15, -0.1) is 0 Å². The van der Waals surface area contributed by atoms with Gasteiger partial charge in [-0.1, -0.05) is 26.0 Å². The number of ether oxygens (including phenoxy) is 1. The molecule has 0 radical (unpaired) electrons. The summed E-state index contributed by atoms with van der Waals surface area (Å²) < 4.78 is 19.2. The summed E-state index contributed by atoms with van der Waals surface area (Å²) in [4.78, 5) is 25.6. The van der Waals surface area contributed by atoms with E-state index in [4.69, 9.17) is 9.72 Å². The average Bonchev–Trinajstić information content (AvgIpc) is 3.55. The van der Waals surface area contributed by atoms with Crippen molar-refractivity contribution in [1.29, 1.82) is 0 Å². The van der Waals surface area contributed by atoms with Crippen LogP contribution in [-0.2, 0) is 21.4 Å². The van der Waals surface area contributed by atoms with E-state index in [1.807, 2.05) is 11.1 Å². The molecule has 3 fully saturated rings. The number of nitrogens with one attached hydrogen (secondary N) is 1. The normalized spacial score (nSPS) is 29.1. The van der Waals surface area contributed by atoms with Crippen molar-refractivity contribution in [1.82, 2.24) is 20.1 Å². The molecule has 0 spiro atoms. The van der Waals surface area contributed by atoms with Crippen molar-refractivity contribution in [3.8, 4) is 0 Å². The second-order valence-corrected chi connectivity index (χ2v) is 12.1. The molecule has 1 aromatic heterocycles. The summed E-state index contributed by atoms with van der Waals surface area (Å²) >= 11 is 0. The number of halogens is 1. The first-order valence-electron chi connectivity index (χ1n) is 13.6. The van der Waals surface area contributed by atoms with Gasteiger partial charge < -0.3 is 15.0 Å². The van der Waals surface area contributed by atoms with Gasteiger partial charge in [0.1, 0.15) is 5.82 Å². The Labute approximate surface area is 219 Å². The highest BCUT2D eigenvalue weighted by Crippen LogP contribution is 2.40. The minimum Gasteiger partial charge on any atom is -0.375 e. The summed E-state index contributed by atoms with van der Waals surface area (Å²) in [7, 11) is 0. The molecule has 8 heteroatoms. The van der Waals surface area contributed by atoms with Gasteiger partial charge in [0.2, 0.25) is 5.91 Å². The van der Waals surface area contributed by atoms with Gasteiger partial charge in [-0.25, -0.2) is 4.39 Å². The van der Waals surface area contributed by atoms with Crippen LogP contribution in [-0.4, -0.2) is 90.8 Å². The maximum absolute atomic E-state index is 13.8. The Morgan fingerprint density at radius 1 is 1.19 bits per heavy atom. The Kier molecular flexibility index (Phi) is 6.55. The molecule has 6 rings (SSSR count). The molecule has 4 atom stereocenters. The summed E-state index contributed by atoms with van der Waals surface area (Å²) in [5, 5.41) is 3.63. The second-order valence-electron chi connectivity index (χ2n) is 12.1. The number of benzene rings is 1. The van der Waals surface area contributed by atoms with Gasteiger partial charge >= 0.3 is 0 Å². The molecule has 2 aromatic rings. The lowest BCUT2D eigenvalue weighted by atomic mass is 9.91. The van der Waals surface area contributed by atoms with E-state index in [-0.39, 0.29) is 17.1 Å². The van der Waals surface area contributed by atoms with Crippen molar-refractivity contribution in [2.24, 2.45) is 0 Å². The van der Waals surface area contributed by atoms with E-state index in [2.05, 4.69) is 42.0 Å². The fourth-order valence-electron chi connectivity index (χ4n) is 6.57. The molecule has 1 amide bonds. The number of amides is 1. The first kappa shape index (κ1) is 24.9. The van der Waals surface area contributed by atoms with Gasteiger partial charge in [-0.2, -0.15) is 0 Å². The number of rotatable bonds is 6. The summed E-state index contributed by atoms with van der Waals surface area (Å²) in [5.74, 6) is -0.0987. The number of nitrogens with zero attached hydrogens (tertiary/aromatic N) is 4. The van der Waals surface area contributed by atoms with E-state index >= 15 is 0 Å². The van der Waals surface area contributed by atoms with Crippen LogP contribution in [0.2, 0.25) is 0 Å². The molecule has 1 N–H and O–H groups in total. The number of fused-ring (bicyclic) bond motifs is 3. The number of morpholine rings is 1. The van der Waals surface area contributed by atoms with Crippen molar-refractivity contribution >= 4 is 11.6 Å². The molecule has 3 saturated heterocycles. The van der Waals surface area contributed by atoms with E-state index in [1.54, 1.807) is 12.1 Å². The van der Waals surface area contributed by atoms with Crippen molar-refractivity contribution in [2.45, 2.75) is 63.3 Å². The Bertz CT molecular complexity index is 1160. The van der Waals surface area contributed by atoms with Crippen LogP contribution >= 0.6 is 0 Å². The highest BCUT2D eigenvalue weighted by molar-refractivity contribution is 5.97. The van der Waals surface area contributed by atoms with Gasteiger partial charge in [-0.05, 0) is 49.1 Å². The fraction of sp³-hybridized carbons (Fsp3) is 0.586. The minimum atomic E-state index is -0.236. The lowest BCUT2D eigenvalue weighted by Crippen LogP contribution is -2.61. The van der Waals surface area contributed by atoms with Crippen molar-refractivity contribution in [2.75, 3.05) is 50.8 Å². The van der Waals surface area contributed by atoms with Gasteiger partial charge in [0, 0.05) is 62.5 Å². The largest absolute Gasteiger partial charge is 0.375 e. The first-order valence-corrected chi connectivity index (χ1v) is 13.6. The summed E-state index contributed by atoms with van der Waals surface area (Å²) in [6.07, 6.45) is 4.08.